The van der Waals surface area contributed by atoms with Gasteiger partial charge in [0.1, 0.15) is 0 Å². The van der Waals surface area contributed by atoms with Gasteiger partial charge in [0.2, 0.25) is 0 Å². The Balaban J connectivity index is 1.52. The molecule has 1 amide bonds. The highest BCUT2D eigenvalue weighted by molar-refractivity contribution is 5.94. The molecule has 1 saturated carbocycles. The molecule has 3 rings (SSSR count). The number of amides is 1. The third-order valence-corrected chi connectivity index (χ3v) is 4.18. The number of piperidine rings is 1. The largest absolute Gasteiger partial charge is 0.338 e. The number of nitrogens with zero attached hydrogens (tertiary/aromatic N) is 2. The molecule has 2 heterocycles. The van der Waals surface area contributed by atoms with Gasteiger partial charge in [0.05, 0.1) is 11.8 Å². The van der Waals surface area contributed by atoms with Crippen LogP contribution in [0.2, 0.25) is 0 Å². The summed E-state index contributed by atoms with van der Waals surface area (Å²) >= 11 is 0. The standard InChI is InChI=1S/C15H20FN3O/c16-14-10-17-6-3-13(14)15(20)19-7-4-12(5-8-19)18-9-11-1-2-11/h3,6,10-12,18H,1-2,4-5,7-9H2. The van der Waals surface area contributed by atoms with Gasteiger partial charge < -0.3 is 10.2 Å². The summed E-state index contributed by atoms with van der Waals surface area (Å²) in [7, 11) is 0. The quantitative estimate of drug-likeness (QED) is 0.913. The molecule has 2 fully saturated rings. The summed E-state index contributed by atoms with van der Waals surface area (Å²) in [6, 6.07) is 1.96. The van der Waals surface area contributed by atoms with E-state index >= 15 is 0 Å². The summed E-state index contributed by atoms with van der Waals surface area (Å²) in [6.07, 6.45) is 7.16. The summed E-state index contributed by atoms with van der Waals surface area (Å²) in [5.41, 5.74) is 0.129. The van der Waals surface area contributed by atoms with E-state index in [4.69, 9.17) is 0 Å². The number of carbonyl (C=O) groups excluding carboxylic acids is 1. The first-order valence-corrected chi connectivity index (χ1v) is 7.36. The summed E-state index contributed by atoms with van der Waals surface area (Å²) in [4.78, 5) is 17.7. The van der Waals surface area contributed by atoms with Crippen molar-refractivity contribution in [1.29, 1.82) is 0 Å². The van der Waals surface area contributed by atoms with E-state index < -0.39 is 5.82 Å². The van der Waals surface area contributed by atoms with Gasteiger partial charge in [-0.1, -0.05) is 0 Å². The summed E-state index contributed by atoms with van der Waals surface area (Å²) in [6.45, 7) is 2.50. The van der Waals surface area contributed by atoms with Crippen LogP contribution in [0.15, 0.2) is 18.5 Å². The molecule has 0 bridgehead atoms. The van der Waals surface area contributed by atoms with Gasteiger partial charge in [-0.25, -0.2) is 4.39 Å². The molecule has 1 N–H and O–H groups in total. The van der Waals surface area contributed by atoms with Crippen LogP contribution in [-0.4, -0.2) is 41.5 Å². The van der Waals surface area contributed by atoms with Crippen LogP contribution >= 0.6 is 0 Å². The highest BCUT2D eigenvalue weighted by atomic mass is 19.1. The fourth-order valence-electron chi connectivity index (χ4n) is 2.66. The smallest absolute Gasteiger partial charge is 0.256 e. The van der Waals surface area contributed by atoms with Crippen molar-refractivity contribution < 1.29 is 9.18 Å². The Morgan fingerprint density at radius 1 is 1.35 bits per heavy atom. The molecular formula is C15H20FN3O. The number of aromatic nitrogens is 1. The lowest BCUT2D eigenvalue weighted by molar-refractivity contribution is 0.0700. The fourth-order valence-corrected chi connectivity index (χ4v) is 2.66. The minimum absolute atomic E-state index is 0.129. The van der Waals surface area contributed by atoms with Crippen molar-refractivity contribution in [2.75, 3.05) is 19.6 Å². The van der Waals surface area contributed by atoms with Crippen LogP contribution in [0.5, 0.6) is 0 Å². The molecule has 1 aliphatic carbocycles. The van der Waals surface area contributed by atoms with E-state index in [9.17, 15) is 9.18 Å². The Bertz CT molecular complexity index is 482. The van der Waals surface area contributed by atoms with Gasteiger partial charge in [0.15, 0.2) is 5.82 Å². The zero-order valence-electron chi connectivity index (χ0n) is 11.5. The molecule has 108 valence electrons. The average molecular weight is 277 g/mol. The molecule has 1 aromatic heterocycles. The number of nitrogens with one attached hydrogen (secondary N) is 1. The molecule has 4 nitrogen and oxygen atoms in total. The monoisotopic (exact) mass is 277 g/mol. The van der Waals surface area contributed by atoms with E-state index in [0.29, 0.717) is 19.1 Å². The number of likely N-dealkylation sites (tertiary alicyclic amines) is 1. The molecule has 0 radical (unpaired) electrons. The Kier molecular flexibility index (Phi) is 3.96. The maximum absolute atomic E-state index is 13.6. The zero-order valence-corrected chi connectivity index (χ0v) is 11.5. The lowest BCUT2D eigenvalue weighted by Gasteiger charge is -2.32. The van der Waals surface area contributed by atoms with E-state index in [1.54, 1.807) is 4.90 Å². The highest BCUT2D eigenvalue weighted by Crippen LogP contribution is 2.28. The molecule has 0 spiro atoms. The van der Waals surface area contributed by atoms with Crippen LogP contribution in [0.3, 0.4) is 0 Å². The molecule has 1 aliphatic heterocycles. The fraction of sp³-hybridized carbons (Fsp3) is 0.600. The SMILES string of the molecule is O=C(c1ccncc1F)N1CCC(NCC2CC2)CC1. The van der Waals surface area contributed by atoms with Crippen LogP contribution in [0, 0.1) is 11.7 Å². The van der Waals surface area contributed by atoms with Gasteiger partial charge in [0, 0.05) is 25.3 Å². The maximum atomic E-state index is 13.6. The van der Waals surface area contributed by atoms with E-state index in [1.165, 1.54) is 25.1 Å². The van der Waals surface area contributed by atoms with Crippen molar-refractivity contribution in [3.05, 3.63) is 29.8 Å². The van der Waals surface area contributed by atoms with E-state index in [1.807, 2.05) is 0 Å². The topological polar surface area (TPSA) is 45.2 Å². The first-order valence-electron chi connectivity index (χ1n) is 7.36. The molecule has 0 unspecified atom stereocenters. The average Bonchev–Trinajstić information content (AvgIpc) is 3.30. The molecule has 20 heavy (non-hydrogen) atoms. The Hall–Kier alpha value is -1.49. The highest BCUT2D eigenvalue weighted by Gasteiger charge is 2.27. The third kappa shape index (κ3) is 3.15. The van der Waals surface area contributed by atoms with Crippen molar-refractivity contribution in [2.45, 2.75) is 31.7 Å². The van der Waals surface area contributed by atoms with Gasteiger partial charge in [0.25, 0.3) is 5.91 Å². The van der Waals surface area contributed by atoms with Crippen LogP contribution in [0.25, 0.3) is 0 Å². The Morgan fingerprint density at radius 3 is 2.75 bits per heavy atom. The minimum atomic E-state index is -0.536. The predicted octanol–water partition coefficient (Wildman–Crippen LogP) is 1.82. The zero-order chi connectivity index (χ0) is 13.9. The maximum Gasteiger partial charge on any atom is 0.256 e. The molecule has 0 atom stereocenters. The van der Waals surface area contributed by atoms with Gasteiger partial charge in [-0.2, -0.15) is 0 Å². The normalized spacial score (nSPS) is 20.1. The summed E-state index contributed by atoms with van der Waals surface area (Å²) in [5.74, 6) is 0.123. The van der Waals surface area contributed by atoms with Crippen LogP contribution in [-0.2, 0) is 0 Å². The van der Waals surface area contributed by atoms with Crippen LogP contribution < -0.4 is 5.32 Å². The number of rotatable bonds is 4. The Morgan fingerprint density at radius 2 is 2.10 bits per heavy atom. The molecule has 5 heteroatoms. The number of hydrogen-bond acceptors (Lipinski definition) is 3. The molecule has 1 aromatic rings. The Labute approximate surface area is 118 Å². The lowest BCUT2D eigenvalue weighted by Crippen LogP contribution is -2.45. The number of hydrogen-bond donors (Lipinski definition) is 1. The third-order valence-electron chi connectivity index (χ3n) is 4.18. The molecule has 1 saturated heterocycles. The second kappa shape index (κ2) is 5.87. The van der Waals surface area contributed by atoms with Gasteiger partial charge >= 0.3 is 0 Å². The van der Waals surface area contributed by atoms with Crippen molar-refractivity contribution in [2.24, 2.45) is 5.92 Å². The minimum Gasteiger partial charge on any atom is -0.338 e. The predicted molar refractivity (Wildman–Crippen MR) is 73.8 cm³/mol. The van der Waals surface area contributed by atoms with Crippen molar-refractivity contribution in [1.82, 2.24) is 15.2 Å². The number of pyridine rings is 1. The second-order valence-corrected chi connectivity index (χ2v) is 5.77. The van der Waals surface area contributed by atoms with Crippen molar-refractivity contribution in [3.8, 4) is 0 Å². The van der Waals surface area contributed by atoms with Crippen LogP contribution in [0.4, 0.5) is 4.39 Å². The second-order valence-electron chi connectivity index (χ2n) is 5.77. The van der Waals surface area contributed by atoms with Crippen molar-refractivity contribution >= 4 is 5.91 Å². The lowest BCUT2D eigenvalue weighted by atomic mass is 10.0. The molecule has 0 aromatic carbocycles. The van der Waals surface area contributed by atoms with Gasteiger partial charge in [-0.05, 0) is 44.2 Å². The summed E-state index contributed by atoms with van der Waals surface area (Å²) < 4.78 is 13.6. The summed E-state index contributed by atoms with van der Waals surface area (Å²) in [5, 5.41) is 3.57. The first kappa shape index (κ1) is 13.5. The molecule has 2 aliphatic rings. The molecular weight excluding hydrogens is 257 g/mol. The first-order chi connectivity index (χ1) is 9.74. The van der Waals surface area contributed by atoms with Gasteiger partial charge in [-0.15, -0.1) is 0 Å². The number of carbonyl (C=O) groups is 1. The van der Waals surface area contributed by atoms with E-state index in [0.717, 1.165) is 31.5 Å². The van der Waals surface area contributed by atoms with Gasteiger partial charge in [-0.3, -0.25) is 9.78 Å². The van der Waals surface area contributed by atoms with Crippen molar-refractivity contribution in [3.63, 3.8) is 0 Å². The number of halogens is 1. The van der Waals surface area contributed by atoms with E-state index in [-0.39, 0.29) is 11.5 Å². The van der Waals surface area contributed by atoms with E-state index in [2.05, 4.69) is 10.3 Å². The van der Waals surface area contributed by atoms with Crippen LogP contribution in [0.1, 0.15) is 36.0 Å².